The van der Waals surface area contributed by atoms with Gasteiger partial charge in [-0.25, -0.2) is 4.98 Å². The fraction of sp³-hybridized carbons (Fsp3) is 0.174. The van der Waals surface area contributed by atoms with Crippen molar-refractivity contribution in [2.24, 2.45) is 0 Å². The Hall–Kier alpha value is -3.57. The minimum atomic E-state index is -4.43. The molecule has 5 rings (SSSR count). The van der Waals surface area contributed by atoms with Crippen LogP contribution in [0.25, 0.3) is 16.8 Å². The molecule has 2 aromatic carbocycles. The summed E-state index contributed by atoms with van der Waals surface area (Å²) in [5.41, 5.74) is 0.705. The first-order chi connectivity index (χ1) is 15.2. The van der Waals surface area contributed by atoms with Crippen LogP contribution in [0.15, 0.2) is 59.5 Å². The highest BCUT2D eigenvalue weighted by Crippen LogP contribution is 2.54. The fourth-order valence-electron chi connectivity index (χ4n) is 4.08. The highest BCUT2D eigenvalue weighted by atomic mass is 35.5. The number of aromatic amines is 1. The normalized spacial score (nSPS) is 15.0. The number of nitriles is 1. The van der Waals surface area contributed by atoms with Crippen LogP contribution in [0.2, 0.25) is 5.02 Å². The second-order valence-corrected chi connectivity index (χ2v) is 8.21. The smallest absolute Gasteiger partial charge is 0.291 e. The van der Waals surface area contributed by atoms with Gasteiger partial charge in [0, 0.05) is 16.6 Å². The summed E-state index contributed by atoms with van der Waals surface area (Å²) in [6.45, 7) is 0. The second-order valence-electron chi connectivity index (χ2n) is 7.77. The Bertz CT molecular complexity index is 1440. The number of halogens is 4. The van der Waals surface area contributed by atoms with E-state index in [1.165, 1.54) is 22.8 Å². The summed E-state index contributed by atoms with van der Waals surface area (Å²) in [6.07, 6.45) is -1.74. The first-order valence-electron chi connectivity index (χ1n) is 9.72. The van der Waals surface area contributed by atoms with E-state index in [0.717, 1.165) is 12.1 Å². The molecule has 5 nitrogen and oxygen atoms in total. The van der Waals surface area contributed by atoms with Crippen LogP contribution < -0.4 is 5.56 Å². The lowest BCUT2D eigenvalue weighted by Crippen LogP contribution is -2.18. The van der Waals surface area contributed by atoms with Crippen LogP contribution in [0.5, 0.6) is 0 Å². The molecular formula is C23H14ClF3N4O. The summed E-state index contributed by atoms with van der Waals surface area (Å²) in [4.78, 5) is 17.5. The molecule has 0 spiro atoms. The van der Waals surface area contributed by atoms with E-state index in [1.807, 2.05) is 0 Å². The standard InChI is InChI=1S/C23H14ClF3N4O/c24-16-7-1-13(2-8-16)18-12-29-20-17(11-28)19(30-31(20)21(18)32)22(9-10-22)14-3-5-15(6-4-14)23(25,26)27/h1-8,12,30H,9-10H2. The number of fused-ring (bicyclic) bond motifs is 1. The van der Waals surface area contributed by atoms with Crippen LogP contribution in [0.1, 0.15) is 35.2 Å². The molecule has 1 aliphatic rings. The van der Waals surface area contributed by atoms with Crippen molar-refractivity contribution in [3.8, 4) is 17.2 Å². The molecule has 1 fully saturated rings. The highest BCUT2D eigenvalue weighted by molar-refractivity contribution is 6.30. The lowest BCUT2D eigenvalue weighted by atomic mass is 9.89. The molecule has 0 bridgehead atoms. The Morgan fingerprint density at radius 2 is 1.75 bits per heavy atom. The third kappa shape index (κ3) is 3.09. The summed E-state index contributed by atoms with van der Waals surface area (Å²) in [5.74, 6) is 0. The number of hydrogen-bond acceptors (Lipinski definition) is 3. The van der Waals surface area contributed by atoms with E-state index in [9.17, 15) is 23.2 Å². The molecule has 1 aliphatic carbocycles. The van der Waals surface area contributed by atoms with Gasteiger partial charge in [-0.05, 0) is 48.2 Å². The van der Waals surface area contributed by atoms with Crippen molar-refractivity contribution < 1.29 is 13.2 Å². The molecule has 2 aromatic heterocycles. The van der Waals surface area contributed by atoms with Gasteiger partial charge in [0.05, 0.1) is 16.8 Å². The molecule has 9 heteroatoms. The van der Waals surface area contributed by atoms with Crippen molar-refractivity contribution in [3.63, 3.8) is 0 Å². The third-order valence-corrected chi connectivity index (χ3v) is 6.17. The number of nitrogens with one attached hydrogen (secondary N) is 1. The molecule has 0 aliphatic heterocycles. The molecule has 2 heterocycles. The van der Waals surface area contributed by atoms with Crippen LogP contribution in [0, 0.1) is 11.3 Å². The zero-order valence-corrected chi connectivity index (χ0v) is 17.1. The summed E-state index contributed by atoms with van der Waals surface area (Å²) < 4.78 is 40.1. The number of benzene rings is 2. The van der Waals surface area contributed by atoms with Crippen molar-refractivity contribution in [2.75, 3.05) is 0 Å². The predicted octanol–water partition coefficient (Wildman–Crippen LogP) is 5.31. The predicted molar refractivity (Wildman–Crippen MR) is 112 cm³/mol. The van der Waals surface area contributed by atoms with Crippen LogP contribution in [0.4, 0.5) is 13.2 Å². The topological polar surface area (TPSA) is 73.9 Å². The van der Waals surface area contributed by atoms with Crippen molar-refractivity contribution >= 4 is 17.2 Å². The number of nitrogens with zero attached hydrogens (tertiary/aromatic N) is 3. The van der Waals surface area contributed by atoms with Crippen LogP contribution in [-0.2, 0) is 11.6 Å². The highest BCUT2D eigenvalue weighted by Gasteiger charge is 2.49. The van der Waals surface area contributed by atoms with Crippen molar-refractivity contribution in [1.29, 1.82) is 5.26 Å². The molecule has 4 aromatic rings. The van der Waals surface area contributed by atoms with E-state index < -0.39 is 17.2 Å². The Balaban J connectivity index is 1.65. The number of H-pyrrole nitrogens is 1. The van der Waals surface area contributed by atoms with E-state index in [0.29, 0.717) is 40.2 Å². The van der Waals surface area contributed by atoms with Gasteiger partial charge in [-0.3, -0.25) is 9.89 Å². The van der Waals surface area contributed by atoms with E-state index in [1.54, 1.807) is 24.3 Å². The molecule has 0 atom stereocenters. The molecular weight excluding hydrogens is 441 g/mol. The summed E-state index contributed by atoms with van der Waals surface area (Å²) in [5, 5.41) is 13.4. The van der Waals surface area contributed by atoms with Crippen LogP contribution in [0.3, 0.4) is 0 Å². The van der Waals surface area contributed by atoms with Gasteiger partial charge in [-0.15, -0.1) is 0 Å². The molecule has 0 amide bonds. The van der Waals surface area contributed by atoms with Crippen molar-refractivity contribution in [3.05, 3.63) is 92.5 Å². The van der Waals surface area contributed by atoms with Gasteiger partial charge in [0.25, 0.3) is 5.56 Å². The lowest BCUT2D eigenvalue weighted by molar-refractivity contribution is -0.137. The van der Waals surface area contributed by atoms with E-state index in [-0.39, 0.29) is 16.8 Å². The quantitative estimate of drug-likeness (QED) is 0.455. The first-order valence-corrected chi connectivity index (χ1v) is 10.1. The zero-order valence-electron chi connectivity index (χ0n) is 16.4. The van der Waals surface area contributed by atoms with Gasteiger partial charge < -0.3 is 0 Å². The molecule has 0 unspecified atom stereocenters. The monoisotopic (exact) mass is 454 g/mol. The molecule has 0 radical (unpaired) electrons. The van der Waals surface area contributed by atoms with Gasteiger partial charge in [0.2, 0.25) is 0 Å². The Kier molecular flexibility index (Phi) is 4.43. The van der Waals surface area contributed by atoms with Crippen molar-refractivity contribution in [2.45, 2.75) is 24.4 Å². The maximum atomic E-state index is 13.2. The molecule has 1 saturated carbocycles. The minimum absolute atomic E-state index is 0.184. The molecule has 160 valence electrons. The Morgan fingerprint density at radius 3 is 2.31 bits per heavy atom. The van der Waals surface area contributed by atoms with E-state index >= 15 is 0 Å². The van der Waals surface area contributed by atoms with Gasteiger partial charge in [-0.1, -0.05) is 35.9 Å². The van der Waals surface area contributed by atoms with E-state index in [4.69, 9.17) is 11.6 Å². The third-order valence-electron chi connectivity index (χ3n) is 5.92. The summed E-state index contributed by atoms with van der Waals surface area (Å²) in [7, 11) is 0. The Morgan fingerprint density at radius 1 is 1.09 bits per heavy atom. The van der Waals surface area contributed by atoms with Gasteiger partial charge in [0.1, 0.15) is 11.6 Å². The summed E-state index contributed by atoms with van der Waals surface area (Å²) >= 11 is 5.92. The molecule has 1 N–H and O–H groups in total. The second kappa shape index (κ2) is 6.97. The fourth-order valence-corrected chi connectivity index (χ4v) is 4.21. The molecule has 32 heavy (non-hydrogen) atoms. The van der Waals surface area contributed by atoms with E-state index in [2.05, 4.69) is 16.2 Å². The summed E-state index contributed by atoms with van der Waals surface area (Å²) in [6, 6.07) is 13.8. The average molecular weight is 455 g/mol. The largest absolute Gasteiger partial charge is 0.416 e. The van der Waals surface area contributed by atoms with Gasteiger partial charge in [0.15, 0.2) is 5.65 Å². The number of aromatic nitrogens is 3. The molecule has 0 saturated heterocycles. The lowest BCUT2D eigenvalue weighted by Gasteiger charge is -2.16. The number of alkyl halides is 3. The minimum Gasteiger partial charge on any atom is -0.291 e. The number of hydrogen-bond donors (Lipinski definition) is 1. The number of rotatable bonds is 3. The van der Waals surface area contributed by atoms with Gasteiger partial charge in [-0.2, -0.15) is 22.9 Å². The maximum Gasteiger partial charge on any atom is 0.416 e. The van der Waals surface area contributed by atoms with Gasteiger partial charge >= 0.3 is 6.18 Å². The first kappa shape index (κ1) is 20.3. The maximum absolute atomic E-state index is 13.2. The van der Waals surface area contributed by atoms with Crippen LogP contribution in [-0.4, -0.2) is 14.6 Å². The van der Waals surface area contributed by atoms with Crippen molar-refractivity contribution in [1.82, 2.24) is 14.6 Å². The Labute approximate surface area is 184 Å². The zero-order chi connectivity index (χ0) is 22.7. The average Bonchev–Trinajstić information content (AvgIpc) is 3.49. The SMILES string of the molecule is N#Cc1c(C2(c3ccc(C(F)(F)F)cc3)CC2)[nH]n2c(=O)c(-c3ccc(Cl)cc3)cnc12. The van der Waals surface area contributed by atoms with Crippen LogP contribution >= 0.6 is 11.6 Å².